The maximum absolute atomic E-state index is 6.77. The number of para-hydroxylation sites is 2. The van der Waals surface area contributed by atoms with Crippen LogP contribution in [0.5, 0.6) is 5.75 Å². The zero-order chi connectivity index (χ0) is 23.8. The van der Waals surface area contributed by atoms with Crippen LogP contribution in [0.1, 0.15) is 0 Å². The molecule has 0 atom stereocenters. The number of hydrogen-bond donors (Lipinski definition) is 2. The lowest BCUT2D eigenvalue weighted by Crippen LogP contribution is -2.10. The van der Waals surface area contributed by atoms with Crippen LogP contribution in [-0.2, 0) is 0 Å². The van der Waals surface area contributed by atoms with Gasteiger partial charge in [0.1, 0.15) is 11.6 Å². The molecule has 0 unspecified atom stereocenters. The Labute approximate surface area is 206 Å². The highest BCUT2D eigenvalue weighted by Gasteiger charge is 2.18. The molecule has 2 heterocycles. The van der Waals surface area contributed by atoms with E-state index in [1.807, 2.05) is 78.9 Å². The molecule has 8 heteroatoms. The van der Waals surface area contributed by atoms with Crippen LogP contribution in [-0.4, -0.2) is 21.6 Å². The lowest BCUT2D eigenvalue weighted by Gasteiger charge is -2.18. The normalized spacial score (nSPS) is 11.0. The molecule has 0 aliphatic rings. The lowest BCUT2D eigenvalue weighted by molar-refractivity contribution is 0.413. The third kappa shape index (κ3) is 3.85. The van der Waals surface area contributed by atoms with Crippen molar-refractivity contribution in [2.24, 2.45) is 0 Å². The molecule has 0 bridgehead atoms. The SMILES string of the molecule is COc1ccccc1-n1c(N)c2c(-c3cccc(Cl)c3)cc(-c3ccc(N)cc3)nc2nc1=S. The molecule has 168 valence electrons. The lowest BCUT2D eigenvalue weighted by atomic mass is 9.99. The average Bonchev–Trinajstić information content (AvgIpc) is 2.84. The number of benzene rings is 3. The van der Waals surface area contributed by atoms with Gasteiger partial charge < -0.3 is 16.2 Å². The van der Waals surface area contributed by atoms with Gasteiger partial charge in [-0.2, -0.15) is 4.98 Å². The molecule has 0 saturated carbocycles. The van der Waals surface area contributed by atoms with Crippen molar-refractivity contribution in [1.29, 1.82) is 0 Å². The van der Waals surface area contributed by atoms with E-state index in [-0.39, 0.29) is 4.77 Å². The molecular weight excluding hydrogens is 466 g/mol. The summed E-state index contributed by atoms with van der Waals surface area (Å²) in [6, 6.07) is 24.6. The first kappa shape index (κ1) is 21.9. The first-order valence-corrected chi connectivity index (χ1v) is 11.2. The van der Waals surface area contributed by atoms with Gasteiger partial charge in [0.2, 0.25) is 4.77 Å². The first-order valence-electron chi connectivity index (χ1n) is 10.4. The quantitative estimate of drug-likeness (QED) is 0.229. The molecule has 0 aliphatic heterocycles. The smallest absolute Gasteiger partial charge is 0.207 e. The van der Waals surface area contributed by atoms with Crippen LogP contribution in [0.15, 0.2) is 78.9 Å². The minimum Gasteiger partial charge on any atom is -0.495 e. The second kappa shape index (κ2) is 8.78. The van der Waals surface area contributed by atoms with Crippen molar-refractivity contribution in [3.63, 3.8) is 0 Å². The molecule has 0 radical (unpaired) electrons. The van der Waals surface area contributed by atoms with Gasteiger partial charge in [0, 0.05) is 16.3 Å². The summed E-state index contributed by atoms with van der Waals surface area (Å²) in [5.74, 6) is 1.04. The van der Waals surface area contributed by atoms with Gasteiger partial charge in [0.05, 0.1) is 23.9 Å². The Morgan fingerprint density at radius 2 is 1.65 bits per heavy atom. The minimum atomic E-state index is 0.272. The molecule has 2 aromatic heterocycles. The summed E-state index contributed by atoms with van der Waals surface area (Å²) >= 11 is 12.0. The standard InChI is InChI=1S/C26H20ClN5OS/c1-33-22-8-3-2-7-21(22)32-24(29)23-19(16-5-4-6-17(27)13-16)14-20(30-25(23)31-26(32)34)15-9-11-18(28)12-10-15/h2-14H,28-29H2,1H3. The van der Waals surface area contributed by atoms with E-state index in [9.17, 15) is 0 Å². The van der Waals surface area contributed by atoms with Crippen molar-refractivity contribution >= 4 is 46.4 Å². The van der Waals surface area contributed by atoms with Crippen molar-refractivity contribution in [3.05, 3.63) is 88.7 Å². The molecule has 0 spiro atoms. The van der Waals surface area contributed by atoms with Gasteiger partial charge in [-0.15, -0.1) is 0 Å². The number of nitrogens with zero attached hydrogens (tertiary/aromatic N) is 3. The Hall–Kier alpha value is -3.94. The largest absolute Gasteiger partial charge is 0.495 e. The van der Waals surface area contributed by atoms with Crippen LogP contribution in [0.25, 0.3) is 39.1 Å². The van der Waals surface area contributed by atoms with E-state index < -0.39 is 0 Å². The summed E-state index contributed by atoms with van der Waals surface area (Å²) in [7, 11) is 1.60. The van der Waals surface area contributed by atoms with Crippen LogP contribution in [0.3, 0.4) is 0 Å². The summed E-state index contributed by atoms with van der Waals surface area (Å²) in [4.78, 5) is 9.48. The fourth-order valence-electron chi connectivity index (χ4n) is 3.95. The fraction of sp³-hybridized carbons (Fsp3) is 0.0385. The second-order valence-electron chi connectivity index (χ2n) is 7.67. The molecule has 0 fully saturated rings. The van der Waals surface area contributed by atoms with Gasteiger partial charge in [-0.05, 0) is 65.8 Å². The van der Waals surface area contributed by atoms with Gasteiger partial charge in [-0.25, -0.2) is 4.98 Å². The molecular formula is C26H20ClN5OS. The van der Waals surface area contributed by atoms with Gasteiger partial charge in [0.25, 0.3) is 0 Å². The molecule has 4 N–H and O–H groups in total. The van der Waals surface area contributed by atoms with Gasteiger partial charge in [-0.1, -0.05) is 48.0 Å². The summed E-state index contributed by atoms with van der Waals surface area (Å²) in [5, 5.41) is 1.28. The number of anilines is 2. The molecule has 6 nitrogen and oxygen atoms in total. The summed E-state index contributed by atoms with van der Waals surface area (Å²) < 4.78 is 7.52. The Kier molecular flexibility index (Phi) is 5.65. The third-order valence-electron chi connectivity index (χ3n) is 5.56. The third-order valence-corrected chi connectivity index (χ3v) is 6.07. The van der Waals surface area contributed by atoms with E-state index in [0.29, 0.717) is 39.0 Å². The van der Waals surface area contributed by atoms with Crippen molar-refractivity contribution in [2.75, 3.05) is 18.6 Å². The Bertz CT molecular complexity index is 1600. The molecule has 5 rings (SSSR count). The Balaban J connectivity index is 1.88. The first-order chi connectivity index (χ1) is 16.5. The number of halogens is 1. The number of hydrogen-bond acceptors (Lipinski definition) is 6. The van der Waals surface area contributed by atoms with E-state index >= 15 is 0 Å². The zero-order valence-electron chi connectivity index (χ0n) is 18.2. The summed E-state index contributed by atoms with van der Waals surface area (Å²) in [6.07, 6.45) is 0. The predicted octanol–water partition coefficient (Wildman–Crippen LogP) is 6.31. The van der Waals surface area contributed by atoms with Crippen LogP contribution < -0.4 is 16.2 Å². The Morgan fingerprint density at radius 1 is 0.882 bits per heavy atom. The number of methoxy groups -OCH3 is 1. The summed E-state index contributed by atoms with van der Waals surface area (Å²) in [6.45, 7) is 0. The number of nitrogen functional groups attached to an aromatic ring is 2. The number of rotatable bonds is 4. The minimum absolute atomic E-state index is 0.272. The second-order valence-corrected chi connectivity index (χ2v) is 8.47. The van der Waals surface area contributed by atoms with Gasteiger partial charge >= 0.3 is 0 Å². The number of fused-ring (bicyclic) bond motifs is 1. The van der Waals surface area contributed by atoms with E-state index in [1.54, 1.807) is 11.7 Å². The molecule has 0 amide bonds. The van der Waals surface area contributed by atoms with Gasteiger partial charge in [-0.3, -0.25) is 4.57 Å². The predicted molar refractivity (Wildman–Crippen MR) is 141 cm³/mol. The van der Waals surface area contributed by atoms with E-state index in [2.05, 4.69) is 4.98 Å². The van der Waals surface area contributed by atoms with E-state index in [0.717, 1.165) is 22.4 Å². The maximum Gasteiger partial charge on any atom is 0.207 e. The van der Waals surface area contributed by atoms with Crippen molar-refractivity contribution < 1.29 is 4.74 Å². The molecule has 3 aromatic carbocycles. The summed E-state index contributed by atoms with van der Waals surface area (Å²) in [5.41, 5.74) is 17.8. The zero-order valence-corrected chi connectivity index (χ0v) is 19.8. The highest BCUT2D eigenvalue weighted by atomic mass is 35.5. The number of pyridine rings is 1. The molecule has 0 saturated heterocycles. The topological polar surface area (TPSA) is 92.0 Å². The van der Waals surface area contributed by atoms with Crippen molar-refractivity contribution in [1.82, 2.24) is 14.5 Å². The van der Waals surface area contributed by atoms with Crippen molar-refractivity contribution in [3.8, 4) is 33.8 Å². The van der Waals surface area contributed by atoms with E-state index in [1.165, 1.54) is 0 Å². The van der Waals surface area contributed by atoms with Crippen LogP contribution >= 0.6 is 23.8 Å². The molecule has 0 aliphatic carbocycles. The van der Waals surface area contributed by atoms with Crippen LogP contribution in [0, 0.1) is 4.77 Å². The average molecular weight is 486 g/mol. The van der Waals surface area contributed by atoms with E-state index in [4.69, 9.17) is 45.0 Å². The highest BCUT2D eigenvalue weighted by Crippen LogP contribution is 2.37. The monoisotopic (exact) mass is 485 g/mol. The molecule has 5 aromatic rings. The highest BCUT2D eigenvalue weighted by molar-refractivity contribution is 7.71. The number of ether oxygens (including phenoxy) is 1. The number of aromatic nitrogens is 3. The molecule has 34 heavy (non-hydrogen) atoms. The fourth-order valence-corrected chi connectivity index (χ4v) is 4.43. The van der Waals surface area contributed by atoms with Crippen molar-refractivity contribution in [2.45, 2.75) is 0 Å². The maximum atomic E-state index is 6.77. The van der Waals surface area contributed by atoms with Crippen LogP contribution in [0.4, 0.5) is 11.5 Å². The van der Waals surface area contributed by atoms with Gasteiger partial charge in [0.15, 0.2) is 5.65 Å². The Morgan fingerprint density at radius 3 is 2.38 bits per heavy atom. The number of nitrogens with two attached hydrogens (primary N) is 2. The van der Waals surface area contributed by atoms with Crippen LogP contribution in [0.2, 0.25) is 5.02 Å².